The van der Waals surface area contributed by atoms with E-state index in [0.717, 1.165) is 45.7 Å². The van der Waals surface area contributed by atoms with E-state index >= 15 is 0 Å². The van der Waals surface area contributed by atoms with Gasteiger partial charge in [-0.1, -0.05) is 12.1 Å². The van der Waals surface area contributed by atoms with Crippen LogP contribution in [-0.4, -0.2) is 23.7 Å². The fraction of sp³-hybridized carbons (Fsp3) is 0.167. The van der Waals surface area contributed by atoms with Crippen LogP contribution in [0.15, 0.2) is 76.2 Å². The van der Waals surface area contributed by atoms with E-state index in [1.54, 1.807) is 19.5 Å². The summed E-state index contributed by atoms with van der Waals surface area (Å²) in [7, 11) is 1.63. The van der Waals surface area contributed by atoms with Gasteiger partial charge in [0.2, 0.25) is 0 Å². The minimum atomic E-state index is -0.382. The van der Waals surface area contributed by atoms with Crippen molar-refractivity contribution in [3.63, 3.8) is 0 Å². The molecule has 3 heterocycles. The van der Waals surface area contributed by atoms with Gasteiger partial charge in [0.05, 0.1) is 12.7 Å². The van der Waals surface area contributed by atoms with Gasteiger partial charge in [-0.3, -0.25) is 9.88 Å². The maximum absolute atomic E-state index is 12.4. The van der Waals surface area contributed by atoms with Crippen molar-refractivity contribution in [2.24, 2.45) is 0 Å². The van der Waals surface area contributed by atoms with E-state index in [-0.39, 0.29) is 5.63 Å². The summed E-state index contributed by atoms with van der Waals surface area (Å²) in [5, 5.41) is 0.882. The Morgan fingerprint density at radius 2 is 1.87 bits per heavy atom. The van der Waals surface area contributed by atoms with Crippen molar-refractivity contribution < 1.29 is 13.9 Å². The molecular weight excluding hydrogens is 380 g/mol. The van der Waals surface area contributed by atoms with Gasteiger partial charge in [0.25, 0.3) is 0 Å². The molecule has 4 aromatic rings. The van der Waals surface area contributed by atoms with Crippen LogP contribution in [0.2, 0.25) is 0 Å². The number of fused-ring (bicyclic) bond motifs is 3. The lowest BCUT2D eigenvalue weighted by Crippen LogP contribution is -2.31. The summed E-state index contributed by atoms with van der Waals surface area (Å²) in [6.45, 7) is 1.83. The summed E-state index contributed by atoms with van der Waals surface area (Å²) in [6, 6.07) is 17.1. The summed E-state index contributed by atoms with van der Waals surface area (Å²) >= 11 is 0. The molecule has 150 valence electrons. The van der Waals surface area contributed by atoms with Crippen molar-refractivity contribution in [1.29, 1.82) is 0 Å². The molecule has 0 aliphatic carbocycles. The molecule has 6 heteroatoms. The molecule has 1 aliphatic heterocycles. The summed E-state index contributed by atoms with van der Waals surface area (Å²) in [5.74, 6) is 1.52. The molecule has 0 bridgehead atoms. The first-order chi connectivity index (χ1) is 14.7. The Bertz CT molecular complexity index is 1250. The molecule has 0 N–H and O–H groups in total. The average molecular weight is 400 g/mol. The quantitative estimate of drug-likeness (QED) is 0.478. The number of benzene rings is 2. The highest BCUT2D eigenvalue weighted by Gasteiger charge is 2.23. The zero-order valence-electron chi connectivity index (χ0n) is 16.5. The normalized spacial score (nSPS) is 13.6. The molecule has 0 atom stereocenters. The number of pyridine rings is 1. The number of hydrogen-bond donors (Lipinski definition) is 0. The Kier molecular flexibility index (Phi) is 4.69. The van der Waals surface area contributed by atoms with Crippen molar-refractivity contribution in [3.8, 4) is 22.6 Å². The minimum Gasteiger partial charge on any atom is -0.497 e. The number of methoxy groups -OCH3 is 1. The fourth-order valence-electron chi connectivity index (χ4n) is 3.84. The molecule has 0 radical (unpaired) electrons. The Morgan fingerprint density at radius 3 is 2.63 bits per heavy atom. The number of hydrogen-bond acceptors (Lipinski definition) is 6. The van der Waals surface area contributed by atoms with Crippen LogP contribution in [0, 0.1) is 0 Å². The molecule has 1 aliphatic rings. The Balaban J connectivity index is 1.57. The monoisotopic (exact) mass is 400 g/mol. The third-order valence-corrected chi connectivity index (χ3v) is 5.31. The van der Waals surface area contributed by atoms with Crippen LogP contribution in [0.4, 0.5) is 0 Å². The molecule has 30 heavy (non-hydrogen) atoms. The number of ether oxygens (including phenoxy) is 2. The molecule has 5 rings (SSSR count). The highest BCUT2D eigenvalue weighted by atomic mass is 16.5. The van der Waals surface area contributed by atoms with Crippen LogP contribution in [0.5, 0.6) is 11.5 Å². The number of nitrogens with zero attached hydrogens (tertiary/aromatic N) is 2. The van der Waals surface area contributed by atoms with Crippen LogP contribution < -0.4 is 15.1 Å². The highest BCUT2D eigenvalue weighted by Crippen LogP contribution is 2.36. The summed E-state index contributed by atoms with van der Waals surface area (Å²) in [4.78, 5) is 18.6. The molecule has 0 spiro atoms. The smallest absolute Gasteiger partial charge is 0.336 e. The summed E-state index contributed by atoms with van der Waals surface area (Å²) in [5.41, 5.74) is 3.99. The lowest BCUT2D eigenvalue weighted by Gasteiger charge is -2.29. The van der Waals surface area contributed by atoms with Crippen LogP contribution in [0.3, 0.4) is 0 Å². The van der Waals surface area contributed by atoms with E-state index in [1.165, 1.54) is 6.07 Å². The first kappa shape index (κ1) is 18.4. The van der Waals surface area contributed by atoms with Gasteiger partial charge in [0, 0.05) is 36.9 Å². The van der Waals surface area contributed by atoms with Crippen LogP contribution >= 0.6 is 0 Å². The average Bonchev–Trinajstić information content (AvgIpc) is 2.79. The lowest BCUT2D eigenvalue weighted by molar-refractivity contribution is 0.0889. The van der Waals surface area contributed by atoms with E-state index in [0.29, 0.717) is 18.9 Å². The van der Waals surface area contributed by atoms with Crippen molar-refractivity contribution in [1.82, 2.24) is 9.88 Å². The Labute approximate surface area is 173 Å². The zero-order chi connectivity index (χ0) is 20.5. The third kappa shape index (κ3) is 3.42. The molecule has 2 aromatic heterocycles. The second kappa shape index (κ2) is 7.65. The van der Waals surface area contributed by atoms with Crippen molar-refractivity contribution in [2.45, 2.75) is 13.1 Å². The summed E-state index contributed by atoms with van der Waals surface area (Å²) in [6.07, 6.45) is 3.56. The van der Waals surface area contributed by atoms with Crippen molar-refractivity contribution >= 4 is 11.0 Å². The first-order valence-corrected chi connectivity index (χ1v) is 9.69. The van der Waals surface area contributed by atoms with Crippen LogP contribution in [0.25, 0.3) is 22.1 Å². The third-order valence-electron chi connectivity index (χ3n) is 5.31. The SMILES string of the molecule is COc1ccc(-c2cc(=O)oc3c4c(ccc23)OCN(Cc2ccncc2)C4)cc1. The highest BCUT2D eigenvalue weighted by molar-refractivity contribution is 5.95. The summed E-state index contributed by atoms with van der Waals surface area (Å²) < 4.78 is 16.9. The van der Waals surface area contributed by atoms with Gasteiger partial charge in [-0.25, -0.2) is 4.79 Å². The van der Waals surface area contributed by atoms with E-state index in [4.69, 9.17) is 13.9 Å². The predicted molar refractivity (Wildman–Crippen MR) is 113 cm³/mol. The molecule has 0 saturated heterocycles. The van der Waals surface area contributed by atoms with Crippen molar-refractivity contribution in [2.75, 3.05) is 13.8 Å². The molecule has 0 saturated carbocycles. The second-order valence-corrected chi connectivity index (χ2v) is 7.24. The van der Waals surface area contributed by atoms with Crippen LogP contribution in [0.1, 0.15) is 11.1 Å². The lowest BCUT2D eigenvalue weighted by atomic mass is 9.99. The largest absolute Gasteiger partial charge is 0.497 e. The minimum absolute atomic E-state index is 0.382. The van der Waals surface area contributed by atoms with Gasteiger partial charge >= 0.3 is 5.63 Å². The maximum Gasteiger partial charge on any atom is 0.336 e. The van der Waals surface area contributed by atoms with Gasteiger partial charge in [0.1, 0.15) is 23.8 Å². The van der Waals surface area contributed by atoms with E-state index in [1.807, 2.05) is 48.5 Å². The van der Waals surface area contributed by atoms with Gasteiger partial charge < -0.3 is 13.9 Å². The van der Waals surface area contributed by atoms with E-state index in [9.17, 15) is 4.79 Å². The second-order valence-electron chi connectivity index (χ2n) is 7.24. The van der Waals surface area contributed by atoms with Crippen LogP contribution in [-0.2, 0) is 13.1 Å². The molecule has 2 aromatic carbocycles. The van der Waals surface area contributed by atoms with Crippen molar-refractivity contribution in [3.05, 3.63) is 88.5 Å². The molecule has 6 nitrogen and oxygen atoms in total. The topological polar surface area (TPSA) is 64.8 Å². The number of aromatic nitrogens is 1. The number of rotatable bonds is 4. The Morgan fingerprint density at radius 1 is 1.07 bits per heavy atom. The van der Waals surface area contributed by atoms with E-state index < -0.39 is 0 Å². The van der Waals surface area contributed by atoms with Gasteiger partial charge in [-0.2, -0.15) is 0 Å². The first-order valence-electron chi connectivity index (χ1n) is 9.69. The maximum atomic E-state index is 12.4. The fourth-order valence-corrected chi connectivity index (χ4v) is 3.84. The van der Waals surface area contributed by atoms with Gasteiger partial charge in [-0.05, 0) is 53.1 Å². The standard InChI is InChI=1S/C24H20N2O4/c1-28-18-4-2-17(3-5-18)20-12-23(27)30-24-19(20)6-7-22-21(24)14-26(15-29-22)13-16-8-10-25-11-9-16/h2-12H,13-15H2,1H3. The van der Waals surface area contributed by atoms with Gasteiger partial charge in [0.15, 0.2) is 0 Å². The molecule has 0 fully saturated rings. The molecular formula is C24H20N2O4. The molecule has 0 unspecified atom stereocenters. The van der Waals surface area contributed by atoms with E-state index in [2.05, 4.69) is 9.88 Å². The predicted octanol–water partition coefficient (Wildman–Crippen LogP) is 4.22. The zero-order valence-corrected chi connectivity index (χ0v) is 16.5. The molecule has 0 amide bonds. The Hall–Kier alpha value is -3.64. The van der Waals surface area contributed by atoms with Gasteiger partial charge in [-0.15, -0.1) is 0 Å².